The van der Waals surface area contributed by atoms with Crippen molar-refractivity contribution in [2.75, 3.05) is 12.4 Å². The van der Waals surface area contributed by atoms with E-state index < -0.39 is 0 Å². The van der Waals surface area contributed by atoms with Crippen LogP contribution in [-0.4, -0.2) is 22.4 Å². The molecule has 26 heavy (non-hydrogen) atoms. The van der Waals surface area contributed by atoms with Crippen LogP contribution in [0.25, 0.3) is 16.9 Å². The first-order chi connectivity index (χ1) is 12.7. The molecular formula is C21H17N3O2. The number of pyridine rings is 1. The first kappa shape index (κ1) is 15.9. The van der Waals surface area contributed by atoms with E-state index in [0.717, 1.165) is 22.7 Å². The molecule has 0 atom stereocenters. The van der Waals surface area contributed by atoms with Crippen molar-refractivity contribution in [3.63, 3.8) is 0 Å². The predicted molar refractivity (Wildman–Crippen MR) is 102 cm³/mol. The summed E-state index contributed by atoms with van der Waals surface area (Å²) in [4.78, 5) is 17.1. The Labute approximate surface area is 150 Å². The summed E-state index contributed by atoms with van der Waals surface area (Å²) >= 11 is 0. The molecule has 4 aromatic rings. The van der Waals surface area contributed by atoms with Gasteiger partial charge in [0.2, 0.25) is 0 Å². The molecule has 0 aliphatic carbocycles. The molecule has 2 aromatic heterocycles. The van der Waals surface area contributed by atoms with Crippen LogP contribution < -0.4 is 10.1 Å². The van der Waals surface area contributed by atoms with Crippen molar-refractivity contribution in [2.45, 2.75) is 0 Å². The van der Waals surface area contributed by atoms with E-state index >= 15 is 0 Å². The highest BCUT2D eigenvalue weighted by Crippen LogP contribution is 2.20. The SMILES string of the molecule is COc1ccc(NC(=O)c2ccn3cc(-c4ccccc4)nc3c2)cc1. The highest BCUT2D eigenvalue weighted by atomic mass is 16.5. The number of amides is 1. The monoisotopic (exact) mass is 343 g/mol. The molecule has 1 amide bonds. The van der Waals surface area contributed by atoms with Gasteiger partial charge in [-0.3, -0.25) is 4.79 Å². The third kappa shape index (κ3) is 3.15. The summed E-state index contributed by atoms with van der Waals surface area (Å²) in [5, 5.41) is 2.88. The number of anilines is 1. The molecule has 0 aliphatic heterocycles. The molecule has 5 heteroatoms. The van der Waals surface area contributed by atoms with Gasteiger partial charge in [-0.1, -0.05) is 30.3 Å². The van der Waals surface area contributed by atoms with Crippen LogP contribution in [-0.2, 0) is 0 Å². The van der Waals surface area contributed by atoms with Crippen molar-refractivity contribution >= 4 is 17.2 Å². The minimum absolute atomic E-state index is 0.179. The second-order valence-electron chi connectivity index (χ2n) is 5.86. The maximum Gasteiger partial charge on any atom is 0.255 e. The van der Waals surface area contributed by atoms with Crippen molar-refractivity contribution in [1.29, 1.82) is 0 Å². The molecule has 0 saturated heterocycles. The predicted octanol–water partition coefficient (Wildman–Crippen LogP) is 4.26. The average Bonchev–Trinajstić information content (AvgIpc) is 3.12. The fourth-order valence-corrected chi connectivity index (χ4v) is 2.75. The Morgan fingerprint density at radius 1 is 1.04 bits per heavy atom. The number of fused-ring (bicyclic) bond motifs is 1. The Morgan fingerprint density at radius 3 is 2.54 bits per heavy atom. The lowest BCUT2D eigenvalue weighted by Crippen LogP contribution is -2.12. The summed E-state index contributed by atoms with van der Waals surface area (Å²) in [6, 6.07) is 20.7. The highest BCUT2D eigenvalue weighted by molar-refractivity contribution is 6.04. The van der Waals surface area contributed by atoms with Gasteiger partial charge in [0.1, 0.15) is 11.4 Å². The first-order valence-corrected chi connectivity index (χ1v) is 8.22. The standard InChI is InChI=1S/C21H17N3O2/c1-26-18-9-7-17(8-10-18)22-21(25)16-11-12-24-14-19(23-20(24)13-16)15-5-3-2-4-6-15/h2-14H,1H3,(H,22,25). The number of benzene rings is 2. The third-order valence-corrected chi connectivity index (χ3v) is 4.14. The number of imidazole rings is 1. The van der Waals surface area contributed by atoms with Gasteiger partial charge in [-0.2, -0.15) is 0 Å². The summed E-state index contributed by atoms with van der Waals surface area (Å²) in [6.45, 7) is 0. The number of carbonyl (C=O) groups is 1. The number of carbonyl (C=O) groups excluding carboxylic acids is 1. The maximum atomic E-state index is 12.5. The van der Waals surface area contributed by atoms with Crippen LogP contribution in [0, 0.1) is 0 Å². The van der Waals surface area contributed by atoms with Crippen molar-refractivity contribution in [1.82, 2.24) is 9.38 Å². The molecule has 2 aromatic carbocycles. The zero-order valence-corrected chi connectivity index (χ0v) is 14.2. The number of nitrogens with one attached hydrogen (secondary N) is 1. The van der Waals surface area contributed by atoms with Crippen LogP contribution in [0.5, 0.6) is 5.75 Å². The van der Waals surface area contributed by atoms with E-state index in [9.17, 15) is 4.79 Å². The van der Waals surface area contributed by atoms with Gasteiger partial charge >= 0.3 is 0 Å². The van der Waals surface area contributed by atoms with Crippen molar-refractivity contribution < 1.29 is 9.53 Å². The van der Waals surface area contributed by atoms with Gasteiger partial charge in [0.05, 0.1) is 12.8 Å². The van der Waals surface area contributed by atoms with Crippen LogP contribution in [0.4, 0.5) is 5.69 Å². The van der Waals surface area contributed by atoms with Crippen molar-refractivity contribution in [3.05, 3.63) is 84.7 Å². The van der Waals surface area contributed by atoms with Crippen molar-refractivity contribution in [2.24, 2.45) is 0 Å². The normalized spacial score (nSPS) is 10.7. The fourth-order valence-electron chi connectivity index (χ4n) is 2.75. The third-order valence-electron chi connectivity index (χ3n) is 4.14. The van der Waals surface area contributed by atoms with Gasteiger partial charge < -0.3 is 14.5 Å². The molecule has 2 heterocycles. The molecule has 1 N–H and O–H groups in total. The summed E-state index contributed by atoms with van der Waals surface area (Å²) in [7, 11) is 1.61. The minimum Gasteiger partial charge on any atom is -0.497 e. The molecular weight excluding hydrogens is 326 g/mol. The molecule has 0 saturated carbocycles. The van der Waals surface area contributed by atoms with E-state index in [-0.39, 0.29) is 5.91 Å². The van der Waals surface area contributed by atoms with Crippen LogP contribution in [0.3, 0.4) is 0 Å². The molecule has 0 unspecified atom stereocenters. The Kier molecular flexibility index (Phi) is 4.11. The Balaban J connectivity index is 1.59. The second kappa shape index (κ2) is 6.72. The Morgan fingerprint density at radius 2 is 1.81 bits per heavy atom. The Hall–Kier alpha value is -3.60. The number of hydrogen-bond donors (Lipinski definition) is 1. The van der Waals surface area contributed by atoms with Gasteiger partial charge in [-0.05, 0) is 36.4 Å². The molecule has 0 fully saturated rings. The lowest BCUT2D eigenvalue weighted by atomic mass is 10.2. The van der Waals surface area contributed by atoms with E-state index in [1.807, 2.05) is 47.1 Å². The number of methoxy groups -OCH3 is 1. The van der Waals surface area contributed by atoms with Gasteiger partial charge in [0, 0.05) is 29.2 Å². The molecule has 0 radical (unpaired) electrons. The van der Waals surface area contributed by atoms with Crippen LogP contribution in [0.2, 0.25) is 0 Å². The van der Waals surface area contributed by atoms with Gasteiger partial charge in [-0.15, -0.1) is 0 Å². The highest BCUT2D eigenvalue weighted by Gasteiger charge is 2.10. The van der Waals surface area contributed by atoms with Gasteiger partial charge in [-0.25, -0.2) is 4.98 Å². The van der Waals surface area contributed by atoms with E-state index in [2.05, 4.69) is 10.3 Å². The molecule has 0 bridgehead atoms. The fraction of sp³-hybridized carbons (Fsp3) is 0.0476. The Bertz CT molecular complexity index is 1050. The number of hydrogen-bond acceptors (Lipinski definition) is 3. The van der Waals surface area contributed by atoms with E-state index in [1.54, 1.807) is 43.5 Å². The largest absolute Gasteiger partial charge is 0.497 e. The van der Waals surface area contributed by atoms with Gasteiger partial charge in [0.15, 0.2) is 0 Å². The maximum absolute atomic E-state index is 12.5. The summed E-state index contributed by atoms with van der Waals surface area (Å²) in [5.41, 5.74) is 3.91. The summed E-state index contributed by atoms with van der Waals surface area (Å²) < 4.78 is 7.03. The number of nitrogens with zero attached hydrogens (tertiary/aromatic N) is 2. The van der Waals surface area contributed by atoms with E-state index in [0.29, 0.717) is 11.3 Å². The molecule has 4 rings (SSSR count). The lowest BCUT2D eigenvalue weighted by molar-refractivity contribution is 0.102. The second-order valence-corrected chi connectivity index (χ2v) is 5.86. The minimum atomic E-state index is -0.179. The molecule has 0 aliphatic rings. The number of ether oxygens (including phenoxy) is 1. The average molecular weight is 343 g/mol. The number of rotatable bonds is 4. The van der Waals surface area contributed by atoms with Crippen LogP contribution in [0.15, 0.2) is 79.1 Å². The number of aromatic nitrogens is 2. The summed E-state index contributed by atoms with van der Waals surface area (Å²) in [6.07, 6.45) is 3.80. The van der Waals surface area contributed by atoms with Crippen LogP contribution in [0.1, 0.15) is 10.4 Å². The first-order valence-electron chi connectivity index (χ1n) is 8.22. The van der Waals surface area contributed by atoms with E-state index in [4.69, 9.17) is 4.74 Å². The zero-order valence-electron chi connectivity index (χ0n) is 14.2. The topological polar surface area (TPSA) is 55.6 Å². The zero-order chi connectivity index (χ0) is 17.9. The smallest absolute Gasteiger partial charge is 0.255 e. The van der Waals surface area contributed by atoms with Gasteiger partial charge in [0.25, 0.3) is 5.91 Å². The van der Waals surface area contributed by atoms with Crippen LogP contribution >= 0.6 is 0 Å². The molecule has 5 nitrogen and oxygen atoms in total. The van der Waals surface area contributed by atoms with Crippen molar-refractivity contribution in [3.8, 4) is 17.0 Å². The molecule has 128 valence electrons. The van der Waals surface area contributed by atoms with E-state index in [1.165, 1.54) is 0 Å². The summed E-state index contributed by atoms with van der Waals surface area (Å²) in [5.74, 6) is 0.567. The lowest BCUT2D eigenvalue weighted by Gasteiger charge is -2.06. The quantitative estimate of drug-likeness (QED) is 0.602. The molecule has 0 spiro atoms.